The number of nitrogens with zero attached hydrogens (tertiary/aromatic N) is 3. The summed E-state index contributed by atoms with van der Waals surface area (Å²) in [5.74, 6) is 1.31. The molecule has 0 bridgehead atoms. The molecule has 1 aromatic rings. The summed E-state index contributed by atoms with van der Waals surface area (Å²) in [6.07, 6.45) is 2.67. The van der Waals surface area contributed by atoms with Crippen LogP contribution in [0.2, 0.25) is 0 Å². The molecule has 0 unspecified atom stereocenters. The molecule has 0 fully saturated rings. The van der Waals surface area contributed by atoms with Gasteiger partial charge in [-0.1, -0.05) is 6.92 Å². The first-order valence-corrected chi connectivity index (χ1v) is 4.51. The van der Waals surface area contributed by atoms with E-state index in [1.165, 1.54) is 0 Å². The number of rotatable bonds is 3. The van der Waals surface area contributed by atoms with Crippen molar-refractivity contribution in [2.24, 2.45) is 10.7 Å². The number of hydrogen-bond donors (Lipinski definition) is 1. The van der Waals surface area contributed by atoms with Crippen molar-refractivity contribution in [1.82, 2.24) is 9.78 Å². The molecule has 4 heteroatoms. The van der Waals surface area contributed by atoms with Gasteiger partial charge in [-0.15, -0.1) is 0 Å². The minimum Gasteiger partial charge on any atom is -0.387 e. The van der Waals surface area contributed by atoms with E-state index in [-0.39, 0.29) is 0 Å². The lowest BCUT2D eigenvalue weighted by atomic mass is 10.4. The molecule has 1 aromatic heterocycles. The van der Waals surface area contributed by atoms with Crippen molar-refractivity contribution in [3.8, 4) is 0 Å². The fourth-order valence-electron chi connectivity index (χ4n) is 0.901. The van der Waals surface area contributed by atoms with Crippen molar-refractivity contribution in [3.05, 3.63) is 12.3 Å². The van der Waals surface area contributed by atoms with Crippen molar-refractivity contribution in [1.29, 1.82) is 0 Å². The molecule has 0 aromatic carbocycles. The molecule has 4 nitrogen and oxygen atoms in total. The van der Waals surface area contributed by atoms with Crippen LogP contribution in [0.5, 0.6) is 0 Å². The number of nitrogens with two attached hydrogens (primary N) is 1. The van der Waals surface area contributed by atoms with E-state index in [2.05, 4.69) is 23.9 Å². The molecule has 0 aliphatic rings. The van der Waals surface area contributed by atoms with Gasteiger partial charge in [0, 0.05) is 24.7 Å². The number of amidine groups is 1. The monoisotopic (exact) mass is 180 g/mol. The van der Waals surface area contributed by atoms with Crippen molar-refractivity contribution in [2.75, 3.05) is 0 Å². The summed E-state index contributed by atoms with van der Waals surface area (Å²) in [6, 6.07) is 2.23. The minimum absolute atomic E-state index is 0.367. The zero-order valence-electron chi connectivity index (χ0n) is 8.36. The average Bonchev–Trinajstić information content (AvgIpc) is 2.52. The van der Waals surface area contributed by atoms with Crippen LogP contribution in [0.15, 0.2) is 17.3 Å². The Morgan fingerprint density at radius 3 is 2.85 bits per heavy atom. The molecule has 0 saturated heterocycles. The first kappa shape index (κ1) is 9.77. The molecule has 1 rings (SSSR count). The summed E-state index contributed by atoms with van der Waals surface area (Å²) < 4.78 is 1.86. The number of aromatic nitrogens is 2. The Hall–Kier alpha value is -1.32. The Labute approximate surface area is 78.5 Å². The lowest BCUT2D eigenvalue weighted by Gasteiger charge is -2.02. The zero-order valence-corrected chi connectivity index (χ0v) is 8.36. The molecule has 0 radical (unpaired) electrons. The second kappa shape index (κ2) is 4.07. The molecule has 13 heavy (non-hydrogen) atoms. The fraction of sp³-hybridized carbons (Fsp3) is 0.556. The molecule has 0 aliphatic carbocycles. The van der Waals surface area contributed by atoms with E-state index in [0.717, 1.165) is 6.42 Å². The van der Waals surface area contributed by atoms with Gasteiger partial charge in [-0.2, -0.15) is 5.10 Å². The van der Waals surface area contributed by atoms with Gasteiger partial charge in [0.1, 0.15) is 5.84 Å². The lowest BCUT2D eigenvalue weighted by molar-refractivity contribution is 0.533. The van der Waals surface area contributed by atoms with Gasteiger partial charge in [0.25, 0.3) is 0 Å². The molecular weight excluding hydrogens is 164 g/mol. The third-order valence-corrected chi connectivity index (χ3v) is 1.74. The summed E-state index contributed by atoms with van der Waals surface area (Å²) in [7, 11) is 0. The summed E-state index contributed by atoms with van der Waals surface area (Å²) in [5, 5.41) is 4.25. The average molecular weight is 180 g/mol. The van der Waals surface area contributed by atoms with Crippen LogP contribution in [0, 0.1) is 0 Å². The zero-order chi connectivity index (χ0) is 9.84. The predicted octanol–water partition coefficient (Wildman–Crippen LogP) is 1.86. The van der Waals surface area contributed by atoms with Gasteiger partial charge in [-0.05, 0) is 13.8 Å². The first-order valence-electron chi connectivity index (χ1n) is 4.51. The van der Waals surface area contributed by atoms with Crippen molar-refractivity contribution in [3.63, 3.8) is 0 Å². The third kappa shape index (κ3) is 2.57. The molecule has 0 saturated carbocycles. The summed E-state index contributed by atoms with van der Waals surface area (Å²) in [5.41, 5.74) is 5.59. The molecule has 2 N–H and O–H groups in total. The highest BCUT2D eigenvalue weighted by molar-refractivity contribution is 5.82. The number of hydrogen-bond acceptors (Lipinski definition) is 2. The maximum Gasteiger partial charge on any atom is 0.175 e. The van der Waals surface area contributed by atoms with Gasteiger partial charge in [0.05, 0.1) is 0 Å². The Morgan fingerprint density at radius 1 is 1.69 bits per heavy atom. The quantitative estimate of drug-likeness (QED) is 0.570. The maximum absolute atomic E-state index is 5.59. The van der Waals surface area contributed by atoms with Crippen molar-refractivity contribution < 1.29 is 0 Å². The van der Waals surface area contributed by atoms with Crippen molar-refractivity contribution in [2.45, 2.75) is 33.2 Å². The van der Waals surface area contributed by atoms with Crippen LogP contribution >= 0.6 is 0 Å². The molecular formula is C9H16N4. The van der Waals surface area contributed by atoms with E-state index >= 15 is 0 Å². The van der Waals surface area contributed by atoms with E-state index in [1.54, 1.807) is 0 Å². The van der Waals surface area contributed by atoms with E-state index in [0.29, 0.717) is 17.7 Å². The highest BCUT2D eigenvalue weighted by Crippen LogP contribution is 2.11. The van der Waals surface area contributed by atoms with E-state index < -0.39 is 0 Å². The van der Waals surface area contributed by atoms with Gasteiger partial charge in [0.15, 0.2) is 5.82 Å². The largest absolute Gasteiger partial charge is 0.387 e. The van der Waals surface area contributed by atoms with Crippen LogP contribution in [0.3, 0.4) is 0 Å². The van der Waals surface area contributed by atoms with Crippen LogP contribution in [0.4, 0.5) is 5.82 Å². The van der Waals surface area contributed by atoms with E-state index in [1.807, 2.05) is 23.9 Å². The van der Waals surface area contributed by atoms with Gasteiger partial charge >= 0.3 is 0 Å². The fourth-order valence-corrected chi connectivity index (χ4v) is 0.901. The molecule has 0 amide bonds. The van der Waals surface area contributed by atoms with Crippen LogP contribution in [0.25, 0.3) is 0 Å². The van der Waals surface area contributed by atoms with E-state index in [9.17, 15) is 0 Å². The normalized spacial score (nSPS) is 12.5. The topological polar surface area (TPSA) is 56.2 Å². The Balaban J connectivity index is 2.80. The van der Waals surface area contributed by atoms with Gasteiger partial charge in [0.2, 0.25) is 0 Å². The molecule has 72 valence electrons. The smallest absolute Gasteiger partial charge is 0.175 e. The summed E-state index contributed by atoms with van der Waals surface area (Å²) in [6.45, 7) is 6.12. The molecule has 0 atom stereocenters. The van der Waals surface area contributed by atoms with Crippen molar-refractivity contribution >= 4 is 11.7 Å². The predicted molar refractivity (Wildman–Crippen MR) is 54.2 cm³/mol. The Kier molecular flexibility index (Phi) is 3.06. The van der Waals surface area contributed by atoms with E-state index in [4.69, 9.17) is 5.73 Å². The Morgan fingerprint density at radius 2 is 2.38 bits per heavy atom. The highest BCUT2D eigenvalue weighted by atomic mass is 15.3. The van der Waals surface area contributed by atoms with Crippen LogP contribution in [0.1, 0.15) is 33.2 Å². The van der Waals surface area contributed by atoms with Crippen LogP contribution in [-0.2, 0) is 0 Å². The summed E-state index contributed by atoms with van der Waals surface area (Å²) in [4.78, 5) is 4.14. The second-order valence-electron chi connectivity index (χ2n) is 3.20. The Bertz CT molecular complexity index is 298. The molecule has 0 aliphatic heterocycles. The standard InChI is InChI=1S/C9H16N4/c1-4-8(10)11-9-5-6-13(12-9)7(2)3/h5-7H,4H2,1-3H3,(H2,10,11,12). The number of aliphatic imine (C=N–C) groups is 1. The third-order valence-electron chi connectivity index (χ3n) is 1.74. The minimum atomic E-state index is 0.367. The lowest BCUT2D eigenvalue weighted by Crippen LogP contribution is -2.08. The first-order chi connectivity index (χ1) is 6.13. The highest BCUT2D eigenvalue weighted by Gasteiger charge is 2.00. The second-order valence-corrected chi connectivity index (χ2v) is 3.20. The van der Waals surface area contributed by atoms with Crippen LogP contribution in [-0.4, -0.2) is 15.6 Å². The molecule has 0 spiro atoms. The van der Waals surface area contributed by atoms with Gasteiger partial charge < -0.3 is 5.73 Å². The summed E-state index contributed by atoms with van der Waals surface area (Å²) >= 11 is 0. The molecule has 1 heterocycles. The maximum atomic E-state index is 5.59. The van der Waals surface area contributed by atoms with Gasteiger partial charge in [-0.3, -0.25) is 4.68 Å². The van der Waals surface area contributed by atoms with Crippen LogP contribution < -0.4 is 5.73 Å². The SMILES string of the molecule is CCC(N)=Nc1ccn(C(C)C)n1. The van der Waals surface area contributed by atoms with Gasteiger partial charge in [-0.25, -0.2) is 4.99 Å².